The predicted octanol–water partition coefficient (Wildman–Crippen LogP) is 2.42. The lowest BCUT2D eigenvalue weighted by Gasteiger charge is -2.29. The van der Waals surface area contributed by atoms with Gasteiger partial charge in [-0.2, -0.15) is 0 Å². The fourth-order valence-electron chi connectivity index (χ4n) is 2.69. The molecule has 94 valence electrons. The topological polar surface area (TPSA) is 50.9 Å². The first-order valence-electron chi connectivity index (χ1n) is 6.48. The quantitative estimate of drug-likeness (QED) is 0.881. The highest BCUT2D eigenvalue weighted by atomic mass is 16.3. The second-order valence-corrected chi connectivity index (χ2v) is 4.79. The lowest BCUT2D eigenvalue weighted by Crippen LogP contribution is -2.27. The van der Waals surface area contributed by atoms with Gasteiger partial charge in [0.05, 0.1) is 12.1 Å². The molecule has 1 aliphatic rings. The molecule has 2 aromatic rings. The third-order valence-corrected chi connectivity index (χ3v) is 3.61. The predicted molar refractivity (Wildman–Crippen MR) is 69.0 cm³/mol. The maximum atomic E-state index is 10.1. The SMILES string of the molecule is O[C@H]1CCCC[C@@H]1n1ccnc1-c1ccccn1. The summed E-state index contributed by atoms with van der Waals surface area (Å²) in [5.41, 5.74) is 0.861. The second kappa shape index (κ2) is 4.90. The molecule has 1 aliphatic carbocycles. The van der Waals surface area contributed by atoms with Gasteiger partial charge in [-0.3, -0.25) is 4.98 Å². The lowest BCUT2D eigenvalue weighted by molar-refractivity contribution is 0.0762. The van der Waals surface area contributed by atoms with E-state index in [1.165, 1.54) is 6.42 Å². The Bertz CT molecular complexity index is 509. The van der Waals surface area contributed by atoms with Crippen LogP contribution in [0.5, 0.6) is 0 Å². The molecule has 1 fully saturated rings. The highest BCUT2D eigenvalue weighted by molar-refractivity contribution is 5.49. The van der Waals surface area contributed by atoms with E-state index in [9.17, 15) is 5.11 Å². The van der Waals surface area contributed by atoms with Gasteiger partial charge in [0.1, 0.15) is 5.69 Å². The molecule has 3 rings (SSSR count). The highest BCUT2D eigenvalue weighted by Gasteiger charge is 2.26. The molecule has 0 unspecified atom stereocenters. The van der Waals surface area contributed by atoms with Gasteiger partial charge in [0.25, 0.3) is 0 Å². The summed E-state index contributed by atoms with van der Waals surface area (Å²) in [4.78, 5) is 8.72. The van der Waals surface area contributed by atoms with Gasteiger partial charge in [0, 0.05) is 18.6 Å². The molecule has 0 aliphatic heterocycles. The smallest absolute Gasteiger partial charge is 0.158 e. The largest absolute Gasteiger partial charge is 0.391 e. The summed E-state index contributed by atoms with van der Waals surface area (Å²) in [5.74, 6) is 0.849. The zero-order valence-corrected chi connectivity index (χ0v) is 10.2. The number of nitrogens with zero attached hydrogens (tertiary/aromatic N) is 3. The molecule has 2 heterocycles. The molecule has 0 saturated heterocycles. The van der Waals surface area contributed by atoms with Crippen molar-refractivity contribution in [2.75, 3.05) is 0 Å². The Morgan fingerprint density at radius 2 is 2.00 bits per heavy atom. The molecule has 0 spiro atoms. The van der Waals surface area contributed by atoms with Crippen LogP contribution in [0, 0.1) is 0 Å². The Morgan fingerprint density at radius 3 is 2.78 bits per heavy atom. The van der Waals surface area contributed by atoms with E-state index in [0.29, 0.717) is 0 Å². The molecular formula is C14H17N3O. The van der Waals surface area contributed by atoms with Crippen molar-refractivity contribution in [1.82, 2.24) is 14.5 Å². The second-order valence-electron chi connectivity index (χ2n) is 4.79. The summed E-state index contributed by atoms with van der Waals surface area (Å²) in [6, 6.07) is 5.94. The van der Waals surface area contributed by atoms with E-state index in [4.69, 9.17) is 0 Å². The number of rotatable bonds is 2. The molecular weight excluding hydrogens is 226 g/mol. The number of imidazole rings is 1. The fourth-order valence-corrected chi connectivity index (χ4v) is 2.69. The summed E-state index contributed by atoms with van der Waals surface area (Å²) in [6.45, 7) is 0. The van der Waals surface area contributed by atoms with E-state index in [2.05, 4.69) is 14.5 Å². The summed E-state index contributed by atoms with van der Waals surface area (Å²) in [5, 5.41) is 10.1. The van der Waals surface area contributed by atoms with Gasteiger partial charge in [-0.05, 0) is 25.0 Å². The van der Waals surface area contributed by atoms with E-state index in [1.807, 2.05) is 24.4 Å². The van der Waals surface area contributed by atoms with Crippen molar-refractivity contribution in [3.8, 4) is 11.5 Å². The van der Waals surface area contributed by atoms with Gasteiger partial charge < -0.3 is 9.67 Å². The molecule has 1 saturated carbocycles. The first kappa shape index (κ1) is 11.4. The Kier molecular flexibility index (Phi) is 3.11. The van der Waals surface area contributed by atoms with Crippen LogP contribution < -0.4 is 0 Å². The van der Waals surface area contributed by atoms with Crippen LogP contribution in [-0.4, -0.2) is 25.7 Å². The molecule has 0 amide bonds. The number of hydrogen-bond donors (Lipinski definition) is 1. The van der Waals surface area contributed by atoms with Crippen LogP contribution in [0.15, 0.2) is 36.8 Å². The Balaban J connectivity index is 1.96. The molecule has 2 aromatic heterocycles. The van der Waals surface area contributed by atoms with Gasteiger partial charge in [-0.25, -0.2) is 4.98 Å². The van der Waals surface area contributed by atoms with Crippen molar-refractivity contribution in [3.63, 3.8) is 0 Å². The van der Waals surface area contributed by atoms with Gasteiger partial charge in [-0.15, -0.1) is 0 Å². The molecule has 0 bridgehead atoms. The van der Waals surface area contributed by atoms with Crippen molar-refractivity contribution < 1.29 is 5.11 Å². The number of aliphatic hydroxyl groups is 1. The van der Waals surface area contributed by atoms with E-state index < -0.39 is 0 Å². The van der Waals surface area contributed by atoms with Crippen LogP contribution in [-0.2, 0) is 0 Å². The summed E-state index contributed by atoms with van der Waals surface area (Å²) in [7, 11) is 0. The molecule has 0 aromatic carbocycles. The molecule has 4 heteroatoms. The minimum absolute atomic E-state index is 0.137. The van der Waals surface area contributed by atoms with Crippen molar-refractivity contribution in [2.24, 2.45) is 0 Å². The average molecular weight is 243 g/mol. The van der Waals surface area contributed by atoms with Crippen LogP contribution in [0.3, 0.4) is 0 Å². The Morgan fingerprint density at radius 1 is 1.11 bits per heavy atom. The maximum Gasteiger partial charge on any atom is 0.158 e. The standard InChI is InChI=1S/C14H17N3O/c18-13-7-2-1-6-12(13)17-10-9-16-14(17)11-5-3-4-8-15-11/h3-5,8-10,12-13,18H,1-2,6-7H2/t12-,13-/m0/s1. The van der Waals surface area contributed by atoms with Crippen LogP contribution in [0.4, 0.5) is 0 Å². The zero-order chi connectivity index (χ0) is 12.4. The fraction of sp³-hybridized carbons (Fsp3) is 0.429. The van der Waals surface area contributed by atoms with Crippen LogP contribution in [0.25, 0.3) is 11.5 Å². The van der Waals surface area contributed by atoms with Crippen molar-refractivity contribution >= 4 is 0 Å². The van der Waals surface area contributed by atoms with Crippen molar-refractivity contribution in [1.29, 1.82) is 0 Å². The number of pyridine rings is 1. The van der Waals surface area contributed by atoms with E-state index in [1.54, 1.807) is 12.4 Å². The van der Waals surface area contributed by atoms with Crippen LogP contribution in [0.1, 0.15) is 31.7 Å². The van der Waals surface area contributed by atoms with Crippen LogP contribution in [0.2, 0.25) is 0 Å². The molecule has 2 atom stereocenters. The molecule has 0 radical (unpaired) electrons. The van der Waals surface area contributed by atoms with E-state index in [-0.39, 0.29) is 12.1 Å². The lowest BCUT2D eigenvalue weighted by atomic mass is 9.92. The van der Waals surface area contributed by atoms with Gasteiger partial charge >= 0.3 is 0 Å². The number of hydrogen-bond acceptors (Lipinski definition) is 3. The highest BCUT2D eigenvalue weighted by Crippen LogP contribution is 2.31. The first-order chi connectivity index (χ1) is 8.86. The van der Waals surface area contributed by atoms with E-state index in [0.717, 1.165) is 30.8 Å². The Labute approximate surface area is 106 Å². The molecule has 1 N–H and O–H groups in total. The van der Waals surface area contributed by atoms with Gasteiger partial charge in [0.15, 0.2) is 5.82 Å². The molecule has 4 nitrogen and oxygen atoms in total. The third-order valence-electron chi connectivity index (χ3n) is 3.61. The number of aromatic nitrogens is 3. The van der Waals surface area contributed by atoms with Crippen molar-refractivity contribution in [3.05, 3.63) is 36.8 Å². The first-order valence-corrected chi connectivity index (χ1v) is 6.48. The average Bonchev–Trinajstić information content (AvgIpc) is 2.89. The summed E-state index contributed by atoms with van der Waals surface area (Å²) >= 11 is 0. The summed E-state index contributed by atoms with van der Waals surface area (Å²) < 4.78 is 2.08. The normalized spacial score (nSPS) is 24.1. The maximum absolute atomic E-state index is 10.1. The Hall–Kier alpha value is -1.68. The van der Waals surface area contributed by atoms with Crippen LogP contribution >= 0.6 is 0 Å². The monoisotopic (exact) mass is 243 g/mol. The minimum Gasteiger partial charge on any atom is -0.391 e. The third kappa shape index (κ3) is 2.04. The minimum atomic E-state index is -0.268. The summed E-state index contributed by atoms with van der Waals surface area (Å²) in [6.07, 6.45) is 9.41. The van der Waals surface area contributed by atoms with Gasteiger partial charge in [0.2, 0.25) is 0 Å². The molecule has 18 heavy (non-hydrogen) atoms. The number of aliphatic hydroxyl groups excluding tert-OH is 1. The van der Waals surface area contributed by atoms with E-state index >= 15 is 0 Å². The zero-order valence-electron chi connectivity index (χ0n) is 10.2. The van der Waals surface area contributed by atoms with Crippen molar-refractivity contribution in [2.45, 2.75) is 37.8 Å². The van der Waals surface area contributed by atoms with Gasteiger partial charge in [-0.1, -0.05) is 18.9 Å².